The lowest BCUT2D eigenvalue weighted by molar-refractivity contribution is 0.818. The van der Waals surface area contributed by atoms with Gasteiger partial charge in [-0.15, -0.1) is 0 Å². The number of halogens is 1. The molecule has 0 aliphatic heterocycles. The maximum atomic E-state index is 3.90. The third-order valence-electron chi connectivity index (χ3n) is 2.93. The van der Waals surface area contributed by atoms with Crippen molar-refractivity contribution in [2.45, 2.75) is 26.7 Å². The summed E-state index contributed by atoms with van der Waals surface area (Å²) in [5.74, 6) is 0. The monoisotopic (exact) mass is 277 g/mol. The number of fused-ring (bicyclic) bond motifs is 1. The van der Waals surface area contributed by atoms with Gasteiger partial charge in [0, 0.05) is 15.9 Å². The van der Waals surface area contributed by atoms with E-state index in [0.29, 0.717) is 0 Å². The number of rotatable bonds is 2. The summed E-state index contributed by atoms with van der Waals surface area (Å²) in [6, 6.07) is 6.51. The van der Waals surface area contributed by atoms with Gasteiger partial charge in [0.25, 0.3) is 0 Å². The van der Waals surface area contributed by atoms with Crippen LogP contribution in [-0.4, -0.2) is 0 Å². The smallest absolute Gasteiger partial charge is 0.0187 e. The van der Waals surface area contributed by atoms with Crippen molar-refractivity contribution in [2.75, 3.05) is 0 Å². The molecule has 0 saturated heterocycles. The van der Waals surface area contributed by atoms with Gasteiger partial charge < -0.3 is 5.32 Å². The molecule has 0 fully saturated rings. The van der Waals surface area contributed by atoms with Crippen LogP contribution in [0.4, 0.5) is 0 Å². The first-order valence-corrected chi connectivity index (χ1v) is 6.28. The van der Waals surface area contributed by atoms with Crippen LogP contribution in [0.1, 0.15) is 31.4 Å². The van der Waals surface area contributed by atoms with Crippen molar-refractivity contribution < 1.29 is 0 Å². The Morgan fingerprint density at radius 2 is 2.12 bits per heavy atom. The summed E-state index contributed by atoms with van der Waals surface area (Å²) in [7, 11) is 0. The summed E-state index contributed by atoms with van der Waals surface area (Å²) in [4.78, 5) is 0. The van der Waals surface area contributed by atoms with Gasteiger partial charge in [0.15, 0.2) is 0 Å². The van der Waals surface area contributed by atoms with Crippen molar-refractivity contribution in [2.24, 2.45) is 0 Å². The van der Waals surface area contributed by atoms with Gasteiger partial charge in [-0.1, -0.05) is 28.6 Å². The molecule has 0 aromatic heterocycles. The molecule has 1 aliphatic rings. The Balaban J connectivity index is 2.42. The van der Waals surface area contributed by atoms with Crippen molar-refractivity contribution >= 4 is 21.5 Å². The highest BCUT2D eigenvalue weighted by atomic mass is 79.9. The Morgan fingerprint density at radius 3 is 2.81 bits per heavy atom. The minimum Gasteiger partial charge on any atom is -0.363 e. The van der Waals surface area contributed by atoms with Crippen LogP contribution in [0, 0.1) is 0 Å². The van der Waals surface area contributed by atoms with Gasteiger partial charge in [0.2, 0.25) is 0 Å². The van der Waals surface area contributed by atoms with Crippen LogP contribution >= 0.6 is 15.9 Å². The van der Waals surface area contributed by atoms with Crippen LogP contribution in [0.2, 0.25) is 0 Å². The van der Waals surface area contributed by atoms with Crippen molar-refractivity contribution in [3.63, 3.8) is 0 Å². The molecule has 0 saturated carbocycles. The van der Waals surface area contributed by atoms with Gasteiger partial charge in [-0.05, 0) is 55.5 Å². The van der Waals surface area contributed by atoms with Gasteiger partial charge in [0.1, 0.15) is 0 Å². The standard InChI is InChI=1S/C14H16BrN/c1-9(2)16-14-7-4-11-8-12(15)5-6-13(11)10(14)3/h5-6,8,16H,1,4,7H2,2-3H3. The van der Waals surface area contributed by atoms with E-state index in [2.05, 4.69) is 52.9 Å². The largest absolute Gasteiger partial charge is 0.363 e. The fourth-order valence-electron chi connectivity index (χ4n) is 2.16. The van der Waals surface area contributed by atoms with Crippen LogP contribution in [-0.2, 0) is 6.42 Å². The first-order chi connectivity index (χ1) is 7.58. The number of aryl methyl sites for hydroxylation is 1. The van der Waals surface area contributed by atoms with Crippen LogP contribution in [0.3, 0.4) is 0 Å². The Kier molecular flexibility index (Phi) is 3.20. The van der Waals surface area contributed by atoms with E-state index < -0.39 is 0 Å². The fraction of sp³-hybridized carbons (Fsp3) is 0.286. The van der Waals surface area contributed by atoms with E-state index in [9.17, 15) is 0 Å². The zero-order valence-corrected chi connectivity index (χ0v) is 11.3. The number of benzene rings is 1. The maximum Gasteiger partial charge on any atom is 0.0187 e. The second-order valence-electron chi connectivity index (χ2n) is 4.31. The van der Waals surface area contributed by atoms with Crippen LogP contribution < -0.4 is 5.32 Å². The Bertz CT molecular complexity index is 472. The molecule has 2 heteroatoms. The predicted octanol–water partition coefficient (Wildman–Crippen LogP) is 4.25. The van der Waals surface area contributed by atoms with Gasteiger partial charge >= 0.3 is 0 Å². The maximum absolute atomic E-state index is 3.90. The lowest BCUT2D eigenvalue weighted by Gasteiger charge is -2.22. The molecular formula is C14H16BrN. The predicted molar refractivity (Wildman–Crippen MR) is 73.0 cm³/mol. The minimum absolute atomic E-state index is 1.01. The van der Waals surface area contributed by atoms with E-state index in [1.807, 2.05) is 6.92 Å². The highest BCUT2D eigenvalue weighted by Crippen LogP contribution is 2.31. The van der Waals surface area contributed by atoms with E-state index in [1.165, 1.54) is 22.4 Å². The summed E-state index contributed by atoms with van der Waals surface area (Å²) < 4.78 is 1.16. The molecule has 1 aromatic rings. The third kappa shape index (κ3) is 2.22. The third-order valence-corrected chi connectivity index (χ3v) is 3.43. The molecular weight excluding hydrogens is 262 g/mol. The zero-order chi connectivity index (χ0) is 11.7. The average Bonchev–Trinajstić information content (AvgIpc) is 2.22. The molecule has 1 aliphatic carbocycles. The first kappa shape index (κ1) is 11.5. The van der Waals surface area contributed by atoms with Crippen molar-refractivity contribution in [1.82, 2.24) is 5.32 Å². The van der Waals surface area contributed by atoms with E-state index >= 15 is 0 Å². The van der Waals surface area contributed by atoms with E-state index in [-0.39, 0.29) is 0 Å². The second-order valence-corrected chi connectivity index (χ2v) is 5.23. The lowest BCUT2D eigenvalue weighted by Crippen LogP contribution is -2.16. The molecule has 0 atom stereocenters. The highest BCUT2D eigenvalue weighted by Gasteiger charge is 2.15. The molecule has 0 radical (unpaired) electrons. The minimum atomic E-state index is 1.01. The first-order valence-electron chi connectivity index (χ1n) is 5.49. The molecule has 0 spiro atoms. The Labute approximate surface area is 105 Å². The van der Waals surface area contributed by atoms with E-state index in [0.717, 1.165) is 23.0 Å². The zero-order valence-electron chi connectivity index (χ0n) is 9.73. The number of nitrogens with one attached hydrogen (secondary N) is 1. The van der Waals surface area contributed by atoms with Gasteiger partial charge in [-0.3, -0.25) is 0 Å². The molecule has 1 aromatic carbocycles. The van der Waals surface area contributed by atoms with Crippen LogP contribution in [0.15, 0.2) is 40.6 Å². The SMILES string of the molecule is C=C(C)NC1=C(C)c2ccc(Br)cc2CC1. The summed E-state index contributed by atoms with van der Waals surface area (Å²) in [5.41, 5.74) is 6.45. The van der Waals surface area contributed by atoms with Gasteiger partial charge in [-0.2, -0.15) is 0 Å². The molecule has 16 heavy (non-hydrogen) atoms. The molecule has 2 rings (SSSR count). The molecule has 1 N–H and O–H groups in total. The van der Waals surface area contributed by atoms with E-state index in [1.54, 1.807) is 0 Å². The number of hydrogen-bond acceptors (Lipinski definition) is 1. The fourth-order valence-corrected chi connectivity index (χ4v) is 2.57. The summed E-state index contributed by atoms with van der Waals surface area (Å²) in [6.07, 6.45) is 2.17. The molecule has 0 unspecified atom stereocenters. The topological polar surface area (TPSA) is 12.0 Å². The van der Waals surface area contributed by atoms with E-state index in [4.69, 9.17) is 0 Å². The quantitative estimate of drug-likeness (QED) is 0.852. The van der Waals surface area contributed by atoms with Crippen LogP contribution in [0.25, 0.3) is 5.57 Å². The summed E-state index contributed by atoms with van der Waals surface area (Å²) >= 11 is 3.52. The molecule has 0 amide bonds. The number of hydrogen-bond donors (Lipinski definition) is 1. The van der Waals surface area contributed by atoms with Crippen molar-refractivity contribution in [3.05, 3.63) is 51.8 Å². The second kappa shape index (κ2) is 4.46. The molecule has 1 nitrogen and oxygen atoms in total. The van der Waals surface area contributed by atoms with Crippen molar-refractivity contribution in [3.8, 4) is 0 Å². The van der Waals surface area contributed by atoms with Crippen LogP contribution in [0.5, 0.6) is 0 Å². The summed E-state index contributed by atoms with van der Waals surface area (Å²) in [6.45, 7) is 8.08. The highest BCUT2D eigenvalue weighted by molar-refractivity contribution is 9.10. The normalized spacial score (nSPS) is 14.7. The molecule has 84 valence electrons. The molecule has 0 bridgehead atoms. The number of allylic oxidation sites excluding steroid dienone is 3. The lowest BCUT2D eigenvalue weighted by atomic mass is 9.89. The molecule has 0 heterocycles. The Morgan fingerprint density at radius 1 is 1.38 bits per heavy atom. The Hall–Kier alpha value is -1.02. The average molecular weight is 278 g/mol. The van der Waals surface area contributed by atoms with Gasteiger partial charge in [0.05, 0.1) is 0 Å². The summed E-state index contributed by atoms with van der Waals surface area (Å²) in [5, 5.41) is 3.36. The van der Waals surface area contributed by atoms with Gasteiger partial charge in [-0.25, -0.2) is 0 Å². The van der Waals surface area contributed by atoms with Crippen molar-refractivity contribution in [1.29, 1.82) is 0 Å².